The van der Waals surface area contributed by atoms with Crippen LogP contribution in [0.4, 0.5) is 10.1 Å². The van der Waals surface area contributed by atoms with Gasteiger partial charge in [0.15, 0.2) is 0 Å². The Balaban J connectivity index is 2.23. The molecule has 2 nitrogen and oxygen atoms in total. The number of anilines is 1. The largest absolute Gasteiger partial charge is 0.389 e. The molecule has 0 aliphatic heterocycles. The molecule has 0 heterocycles. The molecule has 1 aliphatic rings. The number of hydrogen-bond donors (Lipinski definition) is 1. The number of rotatable bonds is 4. The van der Waals surface area contributed by atoms with Crippen molar-refractivity contribution >= 4 is 22.9 Å². The topological polar surface area (TPSA) is 29.3 Å². The molecule has 1 aromatic carbocycles. The highest BCUT2D eigenvalue weighted by Gasteiger charge is 2.31. The fraction of sp³-hybridized carbons (Fsp3) is 0.462. The van der Waals surface area contributed by atoms with E-state index in [-0.39, 0.29) is 10.8 Å². The first-order chi connectivity index (χ1) is 8.00. The Hall–Kier alpha value is -1.16. The summed E-state index contributed by atoms with van der Waals surface area (Å²) in [5, 5.41) is 0. The normalized spacial score (nSPS) is 16.6. The lowest BCUT2D eigenvalue weighted by atomic mass is 10.1. The summed E-state index contributed by atoms with van der Waals surface area (Å²) in [6.45, 7) is 2.14. The molecular formula is C13H17FN2S. The summed E-state index contributed by atoms with van der Waals surface area (Å²) in [5.41, 5.74) is 6.67. The standard InChI is InChI=1S/C13H17FN2S/c1-8(9-3-4-9)16(2)12-6-5-10(13(15)17)7-11(12)14/h5-9H,3-4H2,1-2H3,(H2,15,17). The highest BCUT2D eigenvalue weighted by atomic mass is 32.1. The molecular weight excluding hydrogens is 235 g/mol. The number of nitrogens with two attached hydrogens (primary N) is 1. The Labute approximate surface area is 107 Å². The second kappa shape index (κ2) is 4.61. The van der Waals surface area contributed by atoms with Crippen molar-refractivity contribution in [1.29, 1.82) is 0 Å². The fourth-order valence-electron chi connectivity index (χ4n) is 2.06. The van der Waals surface area contributed by atoms with Crippen LogP contribution in [0, 0.1) is 11.7 Å². The van der Waals surface area contributed by atoms with Crippen LogP contribution >= 0.6 is 12.2 Å². The first-order valence-corrected chi connectivity index (χ1v) is 6.23. The number of thiocarbonyl (C=S) groups is 1. The third-order valence-electron chi connectivity index (χ3n) is 3.53. The van der Waals surface area contributed by atoms with Crippen molar-refractivity contribution in [1.82, 2.24) is 0 Å². The van der Waals surface area contributed by atoms with Crippen molar-refractivity contribution in [3.63, 3.8) is 0 Å². The molecule has 1 atom stereocenters. The maximum absolute atomic E-state index is 13.9. The van der Waals surface area contributed by atoms with Gasteiger partial charge in [-0.25, -0.2) is 4.39 Å². The highest BCUT2D eigenvalue weighted by molar-refractivity contribution is 7.80. The Bertz CT molecular complexity index is 443. The van der Waals surface area contributed by atoms with Gasteiger partial charge in [-0.3, -0.25) is 0 Å². The van der Waals surface area contributed by atoms with Crippen LogP contribution in [0.15, 0.2) is 18.2 Å². The van der Waals surface area contributed by atoms with Gasteiger partial charge in [-0.05, 0) is 43.9 Å². The molecule has 17 heavy (non-hydrogen) atoms. The molecule has 2 N–H and O–H groups in total. The van der Waals surface area contributed by atoms with Crippen LogP contribution in [-0.4, -0.2) is 18.1 Å². The number of benzene rings is 1. The van der Waals surface area contributed by atoms with E-state index < -0.39 is 0 Å². The zero-order valence-electron chi connectivity index (χ0n) is 10.1. The minimum atomic E-state index is -0.259. The minimum Gasteiger partial charge on any atom is -0.389 e. The van der Waals surface area contributed by atoms with Crippen LogP contribution in [-0.2, 0) is 0 Å². The van der Waals surface area contributed by atoms with Gasteiger partial charge in [0.1, 0.15) is 10.8 Å². The molecule has 4 heteroatoms. The van der Waals surface area contributed by atoms with E-state index in [0.29, 0.717) is 23.2 Å². The van der Waals surface area contributed by atoms with Gasteiger partial charge in [-0.15, -0.1) is 0 Å². The number of halogens is 1. The average Bonchev–Trinajstić information content (AvgIpc) is 3.10. The molecule has 0 saturated heterocycles. The van der Waals surface area contributed by atoms with Crippen molar-refractivity contribution in [2.75, 3.05) is 11.9 Å². The Morgan fingerprint density at radius 3 is 2.65 bits per heavy atom. The van der Waals surface area contributed by atoms with Gasteiger partial charge < -0.3 is 10.6 Å². The van der Waals surface area contributed by atoms with Gasteiger partial charge in [0.25, 0.3) is 0 Å². The van der Waals surface area contributed by atoms with Crippen LogP contribution in [0.1, 0.15) is 25.3 Å². The first kappa shape index (κ1) is 12.3. The Kier molecular flexibility index (Phi) is 3.33. The molecule has 0 radical (unpaired) electrons. The van der Waals surface area contributed by atoms with E-state index in [4.69, 9.17) is 18.0 Å². The number of hydrogen-bond acceptors (Lipinski definition) is 2. The second-order valence-electron chi connectivity index (χ2n) is 4.72. The van der Waals surface area contributed by atoms with Crippen LogP contribution in [0.5, 0.6) is 0 Å². The van der Waals surface area contributed by atoms with E-state index in [0.717, 1.165) is 0 Å². The summed E-state index contributed by atoms with van der Waals surface area (Å²) >= 11 is 4.83. The maximum Gasteiger partial charge on any atom is 0.147 e. The molecule has 1 aromatic rings. The first-order valence-electron chi connectivity index (χ1n) is 5.83. The summed E-state index contributed by atoms with van der Waals surface area (Å²) in [4.78, 5) is 2.23. The van der Waals surface area contributed by atoms with Crippen molar-refractivity contribution in [2.45, 2.75) is 25.8 Å². The Morgan fingerprint density at radius 2 is 2.18 bits per heavy atom. The lowest BCUT2D eigenvalue weighted by Gasteiger charge is -2.27. The molecule has 1 unspecified atom stereocenters. The van der Waals surface area contributed by atoms with Crippen molar-refractivity contribution in [3.8, 4) is 0 Å². The summed E-state index contributed by atoms with van der Waals surface area (Å²) in [6.07, 6.45) is 2.50. The van der Waals surface area contributed by atoms with Gasteiger partial charge in [-0.2, -0.15) is 0 Å². The predicted molar refractivity (Wildman–Crippen MR) is 72.9 cm³/mol. The lowest BCUT2D eigenvalue weighted by molar-refractivity contribution is 0.576. The predicted octanol–water partition coefficient (Wildman–Crippen LogP) is 2.69. The van der Waals surface area contributed by atoms with Gasteiger partial charge in [0, 0.05) is 18.7 Å². The highest BCUT2D eigenvalue weighted by Crippen LogP contribution is 2.36. The van der Waals surface area contributed by atoms with Gasteiger partial charge in [0.05, 0.1) is 5.69 Å². The third kappa shape index (κ3) is 2.57. The zero-order valence-corrected chi connectivity index (χ0v) is 10.9. The summed E-state index contributed by atoms with van der Waals surface area (Å²) < 4.78 is 13.9. The minimum absolute atomic E-state index is 0.230. The van der Waals surface area contributed by atoms with Crippen molar-refractivity contribution < 1.29 is 4.39 Å². The molecule has 0 amide bonds. The van der Waals surface area contributed by atoms with Gasteiger partial charge >= 0.3 is 0 Å². The second-order valence-corrected chi connectivity index (χ2v) is 5.16. The summed E-state index contributed by atoms with van der Waals surface area (Å²) in [7, 11) is 1.93. The maximum atomic E-state index is 13.9. The van der Waals surface area contributed by atoms with E-state index in [2.05, 4.69) is 6.92 Å². The molecule has 92 valence electrons. The summed E-state index contributed by atoms with van der Waals surface area (Å²) in [6, 6.07) is 5.31. The van der Waals surface area contributed by atoms with Gasteiger partial charge in [0.2, 0.25) is 0 Å². The van der Waals surface area contributed by atoms with Crippen molar-refractivity contribution in [2.24, 2.45) is 11.7 Å². The third-order valence-corrected chi connectivity index (χ3v) is 3.76. The lowest BCUT2D eigenvalue weighted by Crippen LogP contribution is -2.31. The average molecular weight is 252 g/mol. The zero-order chi connectivity index (χ0) is 12.6. The Morgan fingerprint density at radius 1 is 1.53 bits per heavy atom. The SMILES string of the molecule is CC(C1CC1)N(C)c1ccc(C(N)=S)cc1F. The number of nitrogens with zero attached hydrogens (tertiary/aromatic N) is 1. The fourth-order valence-corrected chi connectivity index (χ4v) is 2.19. The summed E-state index contributed by atoms with van der Waals surface area (Å²) in [5.74, 6) is 0.444. The van der Waals surface area contributed by atoms with Gasteiger partial charge in [-0.1, -0.05) is 12.2 Å². The van der Waals surface area contributed by atoms with E-state index in [1.54, 1.807) is 12.1 Å². The molecule has 0 aromatic heterocycles. The molecule has 1 fully saturated rings. The molecule has 1 saturated carbocycles. The van der Waals surface area contributed by atoms with E-state index in [1.807, 2.05) is 11.9 Å². The van der Waals surface area contributed by atoms with E-state index in [1.165, 1.54) is 18.9 Å². The molecule has 2 rings (SSSR count). The van der Waals surface area contributed by atoms with E-state index >= 15 is 0 Å². The molecule has 0 bridgehead atoms. The van der Waals surface area contributed by atoms with Crippen LogP contribution < -0.4 is 10.6 Å². The van der Waals surface area contributed by atoms with Crippen LogP contribution in [0.2, 0.25) is 0 Å². The van der Waals surface area contributed by atoms with Crippen LogP contribution in [0.3, 0.4) is 0 Å². The van der Waals surface area contributed by atoms with Crippen LogP contribution in [0.25, 0.3) is 0 Å². The smallest absolute Gasteiger partial charge is 0.147 e. The quantitative estimate of drug-likeness (QED) is 0.835. The van der Waals surface area contributed by atoms with Crippen molar-refractivity contribution in [3.05, 3.63) is 29.6 Å². The monoisotopic (exact) mass is 252 g/mol. The van der Waals surface area contributed by atoms with E-state index in [9.17, 15) is 4.39 Å². The molecule has 1 aliphatic carbocycles. The molecule has 0 spiro atoms.